The number of hydrogen-bond donors (Lipinski definition) is 2. The first-order valence-corrected chi connectivity index (χ1v) is 12.4. The van der Waals surface area contributed by atoms with Gasteiger partial charge in [0.2, 0.25) is 0 Å². The second-order valence-electron chi connectivity index (χ2n) is 9.05. The van der Waals surface area contributed by atoms with E-state index < -0.39 is 0 Å². The highest BCUT2D eigenvalue weighted by molar-refractivity contribution is 14.0. The third-order valence-corrected chi connectivity index (χ3v) is 6.48. The summed E-state index contributed by atoms with van der Waals surface area (Å²) in [5.74, 6) is 1.82. The van der Waals surface area contributed by atoms with Crippen LogP contribution in [0.15, 0.2) is 29.3 Å². The molecule has 2 N–H and O–H groups in total. The fraction of sp³-hybridized carbons (Fsp3) is 0.720. The van der Waals surface area contributed by atoms with Crippen LogP contribution in [-0.2, 0) is 11.3 Å². The van der Waals surface area contributed by atoms with E-state index in [0.29, 0.717) is 19.2 Å². The first-order valence-electron chi connectivity index (χ1n) is 12.4. The van der Waals surface area contributed by atoms with Crippen molar-refractivity contribution in [3.05, 3.63) is 29.8 Å². The third-order valence-electron chi connectivity index (χ3n) is 6.48. The fourth-order valence-corrected chi connectivity index (χ4v) is 4.60. The van der Waals surface area contributed by atoms with Crippen LogP contribution in [0.4, 0.5) is 0 Å². The Labute approximate surface area is 217 Å². The predicted molar refractivity (Wildman–Crippen MR) is 147 cm³/mol. The van der Waals surface area contributed by atoms with Gasteiger partial charge in [-0.15, -0.1) is 24.0 Å². The third kappa shape index (κ3) is 9.96. The van der Waals surface area contributed by atoms with Crippen LogP contribution in [-0.4, -0.2) is 87.9 Å². The van der Waals surface area contributed by atoms with Crippen molar-refractivity contribution in [1.82, 2.24) is 20.4 Å². The van der Waals surface area contributed by atoms with Gasteiger partial charge in [0.1, 0.15) is 12.4 Å². The van der Waals surface area contributed by atoms with Crippen molar-refractivity contribution in [2.24, 2.45) is 4.99 Å². The summed E-state index contributed by atoms with van der Waals surface area (Å²) in [6.45, 7) is 9.16. The maximum atomic E-state index is 5.95. The highest BCUT2D eigenvalue weighted by atomic mass is 127. The smallest absolute Gasteiger partial charge is 0.191 e. The van der Waals surface area contributed by atoms with Crippen LogP contribution < -0.4 is 15.4 Å². The molecular weight excluding hydrogens is 529 g/mol. The minimum atomic E-state index is 0. The molecule has 0 radical (unpaired) electrons. The topological polar surface area (TPSA) is 61.4 Å². The van der Waals surface area contributed by atoms with Crippen molar-refractivity contribution in [2.45, 2.75) is 57.7 Å². The molecule has 1 aliphatic heterocycles. The van der Waals surface area contributed by atoms with Crippen molar-refractivity contribution in [3.8, 4) is 5.75 Å². The molecule has 188 valence electrons. The molecule has 0 spiro atoms. The summed E-state index contributed by atoms with van der Waals surface area (Å²) >= 11 is 0. The fourth-order valence-electron chi connectivity index (χ4n) is 4.60. The van der Waals surface area contributed by atoms with E-state index in [1.165, 1.54) is 38.6 Å². The highest BCUT2D eigenvalue weighted by Gasteiger charge is 2.30. The highest BCUT2D eigenvalue weighted by Crippen LogP contribution is 2.26. The van der Waals surface area contributed by atoms with Crippen LogP contribution >= 0.6 is 24.0 Å². The lowest BCUT2D eigenvalue weighted by molar-refractivity contribution is 0.150. The number of rotatable bonds is 12. The molecule has 1 heterocycles. The Morgan fingerprint density at radius 3 is 2.73 bits per heavy atom. The number of hydrogen-bond acceptors (Lipinski definition) is 5. The molecule has 1 unspecified atom stereocenters. The number of nitrogens with zero attached hydrogens (tertiary/aromatic N) is 3. The Morgan fingerprint density at radius 1 is 1.18 bits per heavy atom. The van der Waals surface area contributed by atoms with Crippen LogP contribution in [0.25, 0.3) is 0 Å². The van der Waals surface area contributed by atoms with Crippen molar-refractivity contribution < 1.29 is 9.47 Å². The predicted octanol–water partition coefficient (Wildman–Crippen LogP) is 3.33. The Balaban J connectivity index is 0.00000385. The van der Waals surface area contributed by atoms with Gasteiger partial charge in [-0.05, 0) is 50.9 Å². The number of likely N-dealkylation sites (N-methyl/N-ethyl adjacent to an activating group) is 1. The monoisotopic (exact) mass is 573 g/mol. The summed E-state index contributed by atoms with van der Waals surface area (Å²) < 4.78 is 11.1. The van der Waals surface area contributed by atoms with Gasteiger partial charge in [-0.3, -0.25) is 4.90 Å². The summed E-state index contributed by atoms with van der Waals surface area (Å²) in [5, 5.41) is 7.08. The molecule has 1 aromatic rings. The van der Waals surface area contributed by atoms with Crippen LogP contribution in [0.3, 0.4) is 0 Å². The lowest BCUT2D eigenvalue weighted by Gasteiger charge is -2.24. The molecule has 1 aromatic carbocycles. The van der Waals surface area contributed by atoms with E-state index in [-0.39, 0.29) is 24.0 Å². The largest absolute Gasteiger partial charge is 0.492 e. The molecule has 0 bridgehead atoms. The van der Waals surface area contributed by atoms with Crippen molar-refractivity contribution >= 4 is 29.9 Å². The Bertz CT molecular complexity index is 699. The van der Waals surface area contributed by atoms with Gasteiger partial charge in [0, 0.05) is 51.9 Å². The number of aliphatic imine (C=N–C) groups is 1. The first kappa shape index (κ1) is 28.1. The normalized spacial score (nSPS) is 19.6. The molecule has 33 heavy (non-hydrogen) atoms. The molecule has 8 heteroatoms. The van der Waals surface area contributed by atoms with Crippen LogP contribution in [0.1, 0.15) is 44.6 Å². The molecular formula is C25H44IN5O2. The Kier molecular flexibility index (Phi) is 13.4. The van der Waals surface area contributed by atoms with Gasteiger partial charge in [-0.2, -0.15) is 0 Å². The summed E-state index contributed by atoms with van der Waals surface area (Å²) in [4.78, 5) is 9.74. The number of ether oxygens (including phenoxy) is 2. The summed E-state index contributed by atoms with van der Waals surface area (Å²) in [7, 11) is 3.81. The molecule has 7 nitrogen and oxygen atoms in total. The standard InChI is InChI=1S/C25H43N5O2.HI/c1-4-26-25(28-22-12-13-30(20-22)23-9-5-6-10-23)27-19-21-8-7-11-24(18-21)32-17-15-29(2)14-16-31-3;/h7-8,11,18,22-23H,4-6,9-10,12-17,19-20H2,1-3H3,(H2,26,27,28);1H. The lowest BCUT2D eigenvalue weighted by Crippen LogP contribution is -2.45. The molecule has 2 aliphatic rings. The summed E-state index contributed by atoms with van der Waals surface area (Å²) in [6, 6.07) is 9.57. The van der Waals surface area contributed by atoms with Gasteiger partial charge in [-0.25, -0.2) is 4.99 Å². The lowest BCUT2D eigenvalue weighted by atomic mass is 10.2. The average molecular weight is 574 g/mol. The zero-order chi connectivity index (χ0) is 22.6. The molecule has 0 amide bonds. The SMILES string of the molecule is CCNC(=NCc1cccc(OCCN(C)CCOC)c1)NC1CCN(C2CCCC2)C1.I. The van der Waals surface area contributed by atoms with Gasteiger partial charge in [0.05, 0.1) is 13.2 Å². The van der Waals surface area contributed by atoms with Gasteiger partial charge >= 0.3 is 0 Å². The second kappa shape index (κ2) is 15.7. The van der Waals surface area contributed by atoms with Gasteiger partial charge in [0.25, 0.3) is 0 Å². The van der Waals surface area contributed by atoms with Crippen LogP contribution in [0, 0.1) is 0 Å². The Hall–Kier alpha value is -1.10. The van der Waals surface area contributed by atoms with E-state index in [1.54, 1.807) is 7.11 Å². The molecule has 0 aromatic heterocycles. The summed E-state index contributed by atoms with van der Waals surface area (Å²) in [6.07, 6.45) is 6.75. The van der Waals surface area contributed by atoms with Gasteiger partial charge in [-0.1, -0.05) is 25.0 Å². The van der Waals surface area contributed by atoms with Crippen molar-refractivity contribution in [2.75, 3.05) is 60.1 Å². The minimum Gasteiger partial charge on any atom is -0.492 e. The minimum absolute atomic E-state index is 0. The molecule has 3 rings (SSSR count). The van der Waals surface area contributed by atoms with E-state index in [1.807, 2.05) is 12.1 Å². The van der Waals surface area contributed by atoms with Crippen molar-refractivity contribution in [3.63, 3.8) is 0 Å². The number of nitrogens with one attached hydrogen (secondary N) is 2. The van der Waals surface area contributed by atoms with Gasteiger partial charge < -0.3 is 25.0 Å². The van der Waals surface area contributed by atoms with E-state index in [0.717, 1.165) is 56.1 Å². The number of methoxy groups -OCH3 is 1. The maximum absolute atomic E-state index is 5.95. The van der Waals surface area contributed by atoms with Crippen molar-refractivity contribution in [1.29, 1.82) is 0 Å². The first-order chi connectivity index (χ1) is 15.7. The van der Waals surface area contributed by atoms with Gasteiger partial charge in [0.15, 0.2) is 5.96 Å². The number of halogens is 1. The van der Waals surface area contributed by atoms with E-state index in [4.69, 9.17) is 14.5 Å². The number of likely N-dealkylation sites (tertiary alicyclic amines) is 1. The van der Waals surface area contributed by atoms with Crippen LogP contribution in [0.5, 0.6) is 5.75 Å². The summed E-state index contributed by atoms with van der Waals surface area (Å²) in [5.41, 5.74) is 1.16. The van der Waals surface area contributed by atoms with E-state index >= 15 is 0 Å². The van der Waals surface area contributed by atoms with Crippen LogP contribution in [0.2, 0.25) is 0 Å². The Morgan fingerprint density at radius 2 is 1.97 bits per heavy atom. The zero-order valence-electron chi connectivity index (χ0n) is 20.7. The molecule has 1 aliphatic carbocycles. The number of guanidine groups is 1. The van der Waals surface area contributed by atoms with E-state index in [2.05, 4.69) is 46.5 Å². The average Bonchev–Trinajstić information content (AvgIpc) is 3.49. The molecule has 1 atom stereocenters. The number of benzene rings is 1. The molecule has 1 saturated heterocycles. The quantitative estimate of drug-likeness (QED) is 0.227. The molecule has 2 fully saturated rings. The van der Waals surface area contributed by atoms with E-state index in [9.17, 15) is 0 Å². The zero-order valence-corrected chi connectivity index (χ0v) is 23.1. The molecule has 1 saturated carbocycles. The second-order valence-corrected chi connectivity index (χ2v) is 9.05. The maximum Gasteiger partial charge on any atom is 0.191 e.